The van der Waals surface area contributed by atoms with E-state index in [1.165, 1.54) is 18.5 Å². The third-order valence-corrected chi connectivity index (χ3v) is 3.81. The molecular formula is C15H28N4. The number of imidazole rings is 1. The van der Waals surface area contributed by atoms with E-state index in [1.807, 2.05) is 12.5 Å². The van der Waals surface area contributed by atoms with E-state index in [0.29, 0.717) is 24.5 Å². The van der Waals surface area contributed by atoms with Crippen molar-refractivity contribution >= 4 is 0 Å². The number of hydrogen-bond donors (Lipinski definition) is 1. The van der Waals surface area contributed by atoms with Gasteiger partial charge in [-0.1, -0.05) is 13.8 Å². The van der Waals surface area contributed by atoms with Gasteiger partial charge in [0.15, 0.2) is 0 Å². The molecule has 0 amide bonds. The minimum atomic E-state index is 0.305. The number of aromatic nitrogens is 2. The van der Waals surface area contributed by atoms with Crippen LogP contribution in [0.2, 0.25) is 0 Å². The van der Waals surface area contributed by atoms with E-state index in [1.54, 1.807) is 0 Å². The average Bonchev–Trinajstić information content (AvgIpc) is 3.07. The van der Waals surface area contributed by atoms with Gasteiger partial charge in [-0.05, 0) is 32.6 Å². The summed E-state index contributed by atoms with van der Waals surface area (Å²) in [5.41, 5.74) is 7.36. The Morgan fingerprint density at radius 3 is 2.53 bits per heavy atom. The first-order chi connectivity index (χ1) is 9.04. The predicted octanol–water partition coefficient (Wildman–Crippen LogP) is 2.58. The first-order valence-corrected chi connectivity index (χ1v) is 7.52. The summed E-state index contributed by atoms with van der Waals surface area (Å²) in [6.07, 6.45) is 6.56. The van der Waals surface area contributed by atoms with E-state index in [-0.39, 0.29) is 0 Å². The Kier molecular flexibility index (Phi) is 4.63. The van der Waals surface area contributed by atoms with Crippen molar-refractivity contribution in [2.45, 2.75) is 58.7 Å². The lowest BCUT2D eigenvalue weighted by atomic mass is 10.1. The van der Waals surface area contributed by atoms with Crippen molar-refractivity contribution < 1.29 is 0 Å². The summed E-state index contributed by atoms with van der Waals surface area (Å²) in [4.78, 5) is 6.93. The highest BCUT2D eigenvalue weighted by atomic mass is 15.2. The fraction of sp³-hybridized carbons (Fsp3) is 0.800. The summed E-state index contributed by atoms with van der Waals surface area (Å²) in [5, 5.41) is 0. The highest BCUT2D eigenvalue weighted by molar-refractivity contribution is 5.09. The van der Waals surface area contributed by atoms with Crippen LogP contribution in [0.25, 0.3) is 0 Å². The zero-order valence-electron chi connectivity index (χ0n) is 12.7. The molecule has 2 N–H and O–H groups in total. The minimum Gasteiger partial charge on any atom is -0.331 e. The van der Waals surface area contributed by atoms with Gasteiger partial charge in [-0.25, -0.2) is 4.98 Å². The number of nitrogens with two attached hydrogens (primary N) is 1. The summed E-state index contributed by atoms with van der Waals surface area (Å²) < 4.78 is 2.26. The van der Waals surface area contributed by atoms with E-state index in [4.69, 9.17) is 5.73 Å². The van der Waals surface area contributed by atoms with Crippen molar-refractivity contribution in [1.82, 2.24) is 14.5 Å². The highest BCUT2D eigenvalue weighted by Crippen LogP contribution is 2.35. The zero-order chi connectivity index (χ0) is 14.0. The molecule has 0 spiro atoms. The number of hydrogen-bond acceptors (Lipinski definition) is 3. The lowest BCUT2D eigenvalue weighted by Gasteiger charge is -2.33. The molecule has 0 bridgehead atoms. The molecule has 0 aliphatic heterocycles. The van der Waals surface area contributed by atoms with Crippen LogP contribution >= 0.6 is 0 Å². The van der Waals surface area contributed by atoms with Crippen LogP contribution in [0.3, 0.4) is 0 Å². The largest absolute Gasteiger partial charge is 0.331 e. The second-order valence-electron chi connectivity index (χ2n) is 6.39. The number of nitrogens with zero attached hydrogens (tertiary/aromatic N) is 3. The molecular weight excluding hydrogens is 236 g/mol. The van der Waals surface area contributed by atoms with Gasteiger partial charge < -0.3 is 10.3 Å². The third kappa shape index (κ3) is 3.37. The SMILES string of the molecule is CC(C)CN(C1CC1)C(CN)c1cncn1C(C)C. The Balaban J connectivity index is 2.23. The van der Waals surface area contributed by atoms with Crippen LogP contribution in [0, 0.1) is 5.92 Å². The molecule has 19 heavy (non-hydrogen) atoms. The van der Waals surface area contributed by atoms with Crippen molar-refractivity contribution in [1.29, 1.82) is 0 Å². The van der Waals surface area contributed by atoms with Crippen LogP contribution in [0.15, 0.2) is 12.5 Å². The smallest absolute Gasteiger partial charge is 0.0951 e. The summed E-state index contributed by atoms with van der Waals surface area (Å²) in [6, 6.07) is 1.47. The van der Waals surface area contributed by atoms with Gasteiger partial charge in [0.25, 0.3) is 0 Å². The molecule has 2 rings (SSSR count). The molecule has 0 saturated heterocycles. The monoisotopic (exact) mass is 264 g/mol. The average molecular weight is 264 g/mol. The molecule has 4 nitrogen and oxygen atoms in total. The molecule has 0 radical (unpaired) electrons. The molecule has 1 atom stereocenters. The van der Waals surface area contributed by atoms with Crippen molar-refractivity contribution in [2.75, 3.05) is 13.1 Å². The van der Waals surface area contributed by atoms with Crippen molar-refractivity contribution in [3.05, 3.63) is 18.2 Å². The Bertz CT molecular complexity index is 393. The Morgan fingerprint density at radius 1 is 1.37 bits per heavy atom. The van der Waals surface area contributed by atoms with Crippen LogP contribution in [-0.2, 0) is 0 Å². The predicted molar refractivity (Wildman–Crippen MR) is 79.0 cm³/mol. The molecule has 0 aromatic carbocycles. The van der Waals surface area contributed by atoms with Crippen LogP contribution in [-0.4, -0.2) is 33.6 Å². The molecule has 1 aromatic heterocycles. The van der Waals surface area contributed by atoms with Crippen LogP contribution in [0.5, 0.6) is 0 Å². The molecule has 1 saturated carbocycles. The van der Waals surface area contributed by atoms with Crippen molar-refractivity contribution in [3.8, 4) is 0 Å². The minimum absolute atomic E-state index is 0.305. The van der Waals surface area contributed by atoms with Gasteiger partial charge in [0.2, 0.25) is 0 Å². The van der Waals surface area contributed by atoms with Gasteiger partial charge >= 0.3 is 0 Å². The topological polar surface area (TPSA) is 47.1 Å². The van der Waals surface area contributed by atoms with Crippen LogP contribution < -0.4 is 5.73 Å². The van der Waals surface area contributed by atoms with Gasteiger partial charge in [0, 0.05) is 31.4 Å². The molecule has 1 aromatic rings. The van der Waals surface area contributed by atoms with E-state index in [9.17, 15) is 0 Å². The second-order valence-corrected chi connectivity index (χ2v) is 6.39. The van der Waals surface area contributed by atoms with E-state index >= 15 is 0 Å². The Morgan fingerprint density at radius 2 is 2.05 bits per heavy atom. The Labute approximate surface area is 117 Å². The number of rotatable bonds is 7. The molecule has 108 valence electrons. The molecule has 1 aliphatic rings. The van der Waals surface area contributed by atoms with Gasteiger partial charge in [-0.3, -0.25) is 4.90 Å². The summed E-state index contributed by atoms with van der Waals surface area (Å²) in [7, 11) is 0. The first-order valence-electron chi connectivity index (χ1n) is 7.52. The maximum absolute atomic E-state index is 6.09. The van der Waals surface area contributed by atoms with Gasteiger partial charge in [0.1, 0.15) is 0 Å². The van der Waals surface area contributed by atoms with E-state index < -0.39 is 0 Å². The Hall–Kier alpha value is -0.870. The zero-order valence-corrected chi connectivity index (χ0v) is 12.7. The fourth-order valence-corrected chi connectivity index (χ4v) is 2.79. The van der Waals surface area contributed by atoms with E-state index in [0.717, 1.165) is 12.6 Å². The maximum Gasteiger partial charge on any atom is 0.0951 e. The molecule has 1 unspecified atom stereocenters. The van der Waals surface area contributed by atoms with Crippen LogP contribution in [0.4, 0.5) is 0 Å². The maximum atomic E-state index is 6.09. The lowest BCUT2D eigenvalue weighted by molar-refractivity contribution is 0.162. The van der Waals surface area contributed by atoms with Gasteiger partial charge in [0.05, 0.1) is 18.1 Å². The molecule has 1 heterocycles. The standard InChI is InChI=1S/C15H28N4/c1-11(2)9-18(13-5-6-13)14(7-16)15-8-17-10-19(15)12(3)4/h8,10-14H,5-7,9,16H2,1-4H3. The van der Waals surface area contributed by atoms with Gasteiger partial charge in [-0.15, -0.1) is 0 Å². The quantitative estimate of drug-likeness (QED) is 0.823. The first kappa shape index (κ1) is 14.5. The second kappa shape index (κ2) is 6.06. The molecule has 1 fully saturated rings. The summed E-state index contributed by atoms with van der Waals surface area (Å²) in [5.74, 6) is 0.671. The molecule has 1 aliphatic carbocycles. The highest BCUT2D eigenvalue weighted by Gasteiger charge is 2.35. The van der Waals surface area contributed by atoms with Crippen molar-refractivity contribution in [2.24, 2.45) is 11.7 Å². The summed E-state index contributed by atoms with van der Waals surface area (Å²) in [6.45, 7) is 10.7. The lowest BCUT2D eigenvalue weighted by Crippen LogP contribution is -2.39. The van der Waals surface area contributed by atoms with Gasteiger partial charge in [-0.2, -0.15) is 0 Å². The third-order valence-electron chi connectivity index (χ3n) is 3.81. The normalized spacial score (nSPS) is 17.7. The van der Waals surface area contributed by atoms with E-state index in [2.05, 4.69) is 42.1 Å². The van der Waals surface area contributed by atoms with Crippen molar-refractivity contribution in [3.63, 3.8) is 0 Å². The summed E-state index contributed by atoms with van der Waals surface area (Å²) >= 11 is 0. The van der Waals surface area contributed by atoms with Crippen LogP contribution in [0.1, 0.15) is 58.3 Å². The fourth-order valence-electron chi connectivity index (χ4n) is 2.79. The molecule has 4 heteroatoms.